The first kappa shape index (κ1) is 16.9. The summed E-state index contributed by atoms with van der Waals surface area (Å²) >= 11 is 0. The summed E-state index contributed by atoms with van der Waals surface area (Å²) in [5.41, 5.74) is 0.0368. The predicted octanol–water partition coefficient (Wildman–Crippen LogP) is 4.08. The molecular formula is C18H14F3NO3. The van der Waals surface area contributed by atoms with Crippen molar-refractivity contribution in [1.29, 1.82) is 0 Å². The molecule has 0 unspecified atom stereocenters. The van der Waals surface area contributed by atoms with E-state index >= 15 is 0 Å². The largest absolute Gasteiger partial charge is 0.496 e. The average Bonchev–Trinajstić information content (AvgIpc) is 2.60. The van der Waals surface area contributed by atoms with Crippen molar-refractivity contribution in [3.8, 4) is 5.75 Å². The van der Waals surface area contributed by atoms with E-state index in [1.807, 2.05) is 0 Å². The van der Waals surface area contributed by atoms with E-state index in [-0.39, 0.29) is 12.2 Å². The number of methoxy groups -OCH3 is 1. The van der Waals surface area contributed by atoms with E-state index in [1.165, 1.54) is 31.4 Å². The Bertz CT molecular complexity index is 830. The predicted molar refractivity (Wildman–Crippen MR) is 85.9 cm³/mol. The molecule has 0 spiro atoms. The molecular weight excluding hydrogens is 335 g/mol. The van der Waals surface area contributed by atoms with Gasteiger partial charge in [-0.3, -0.25) is 0 Å². The first-order chi connectivity index (χ1) is 11.9. The number of halogens is 3. The third-order valence-corrected chi connectivity index (χ3v) is 3.74. The van der Waals surface area contributed by atoms with Crippen LogP contribution in [0.2, 0.25) is 0 Å². The molecule has 3 rings (SSSR count). The molecule has 0 aliphatic carbocycles. The van der Waals surface area contributed by atoms with Gasteiger partial charge in [0.2, 0.25) is 0 Å². The molecule has 0 atom stereocenters. The second-order valence-corrected chi connectivity index (χ2v) is 5.33. The maximum absolute atomic E-state index is 13.2. The molecule has 0 N–H and O–H groups in total. The Morgan fingerprint density at radius 2 is 1.76 bits per heavy atom. The fraction of sp³-hybridized carbons (Fsp3) is 0.167. The minimum absolute atomic E-state index is 0.0286. The highest BCUT2D eigenvalue weighted by Gasteiger charge is 2.36. The lowest BCUT2D eigenvalue weighted by Gasteiger charge is -2.29. The second-order valence-electron chi connectivity index (χ2n) is 5.33. The van der Waals surface area contributed by atoms with Crippen molar-refractivity contribution < 1.29 is 27.5 Å². The molecule has 1 heterocycles. The first-order valence-electron chi connectivity index (χ1n) is 7.40. The maximum Gasteiger partial charge on any atom is 0.418 e. The molecule has 1 aliphatic rings. The zero-order valence-corrected chi connectivity index (χ0v) is 13.2. The lowest BCUT2D eigenvalue weighted by atomic mass is 10.0. The molecule has 130 valence electrons. The Balaban J connectivity index is 2.00. The van der Waals surface area contributed by atoms with Crippen LogP contribution in [0.25, 0.3) is 5.57 Å². The SMILES string of the molecule is COc1ccccc1C1=CC(=O)ON(c2ccccc2C(F)(F)F)C1. The summed E-state index contributed by atoms with van der Waals surface area (Å²) in [5.74, 6) is -0.225. The minimum atomic E-state index is -4.56. The fourth-order valence-corrected chi connectivity index (χ4v) is 2.65. The van der Waals surface area contributed by atoms with E-state index in [9.17, 15) is 18.0 Å². The van der Waals surface area contributed by atoms with Gasteiger partial charge in [0.05, 0.1) is 24.9 Å². The maximum atomic E-state index is 13.2. The van der Waals surface area contributed by atoms with Gasteiger partial charge in [0.1, 0.15) is 5.75 Å². The number of hydrogen-bond donors (Lipinski definition) is 0. The van der Waals surface area contributed by atoms with Gasteiger partial charge in [-0.05, 0) is 23.8 Å². The monoisotopic (exact) mass is 349 g/mol. The van der Waals surface area contributed by atoms with E-state index in [2.05, 4.69) is 0 Å². The fourth-order valence-electron chi connectivity index (χ4n) is 2.65. The summed E-state index contributed by atoms with van der Waals surface area (Å²) in [4.78, 5) is 16.9. The Morgan fingerprint density at radius 3 is 2.48 bits per heavy atom. The van der Waals surface area contributed by atoms with E-state index in [4.69, 9.17) is 9.57 Å². The Morgan fingerprint density at radius 1 is 1.08 bits per heavy atom. The number of ether oxygens (including phenoxy) is 1. The molecule has 0 amide bonds. The Labute approximate surface area is 142 Å². The number of rotatable bonds is 3. The van der Waals surface area contributed by atoms with Gasteiger partial charge in [0.25, 0.3) is 0 Å². The van der Waals surface area contributed by atoms with Gasteiger partial charge in [-0.1, -0.05) is 30.3 Å². The summed E-state index contributed by atoms with van der Waals surface area (Å²) in [6, 6.07) is 11.9. The summed E-state index contributed by atoms with van der Waals surface area (Å²) in [6.45, 7) is -0.0286. The van der Waals surface area contributed by atoms with Crippen molar-refractivity contribution in [2.75, 3.05) is 18.7 Å². The average molecular weight is 349 g/mol. The van der Waals surface area contributed by atoms with E-state index in [0.717, 1.165) is 11.1 Å². The van der Waals surface area contributed by atoms with Crippen molar-refractivity contribution in [3.63, 3.8) is 0 Å². The number of hydroxylamine groups is 1. The lowest BCUT2D eigenvalue weighted by molar-refractivity contribution is -0.143. The van der Waals surface area contributed by atoms with Gasteiger partial charge >= 0.3 is 12.1 Å². The normalized spacial score (nSPS) is 14.8. The molecule has 25 heavy (non-hydrogen) atoms. The zero-order valence-electron chi connectivity index (χ0n) is 13.2. The molecule has 4 nitrogen and oxygen atoms in total. The highest BCUT2D eigenvalue weighted by Crippen LogP contribution is 2.38. The standard InChI is InChI=1S/C18H14F3NO3/c1-24-16-9-5-2-6-13(16)12-10-17(23)25-22(11-12)15-8-4-3-7-14(15)18(19,20)21/h2-10H,11H2,1H3. The van der Waals surface area contributed by atoms with Crippen LogP contribution in [0.15, 0.2) is 54.6 Å². The van der Waals surface area contributed by atoms with Crippen molar-refractivity contribution in [2.45, 2.75) is 6.18 Å². The molecule has 2 aromatic rings. The van der Waals surface area contributed by atoms with Gasteiger partial charge in [0, 0.05) is 11.6 Å². The lowest BCUT2D eigenvalue weighted by Crippen LogP contribution is -2.33. The van der Waals surface area contributed by atoms with Crippen molar-refractivity contribution in [1.82, 2.24) is 0 Å². The smallest absolute Gasteiger partial charge is 0.418 e. The van der Waals surface area contributed by atoms with Crippen LogP contribution in [0, 0.1) is 0 Å². The summed E-state index contributed by atoms with van der Waals surface area (Å²) in [6.07, 6.45) is -3.31. The molecule has 0 radical (unpaired) electrons. The number of hydrogen-bond acceptors (Lipinski definition) is 4. The third kappa shape index (κ3) is 3.45. The number of carbonyl (C=O) groups is 1. The highest BCUT2D eigenvalue weighted by molar-refractivity contribution is 5.96. The molecule has 0 saturated heterocycles. The van der Waals surface area contributed by atoms with Gasteiger partial charge < -0.3 is 9.57 Å². The third-order valence-electron chi connectivity index (χ3n) is 3.74. The van der Waals surface area contributed by atoms with E-state index in [1.54, 1.807) is 24.3 Å². The molecule has 0 saturated carbocycles. The van der Waals surface area contributed by atoms with Crippen LogP contribution in [0.1, 0.15) is 11.1 Å². The molecule has 7 heteroatoms. The van der Waals surface area contributed by atoms with Crippen molar-refractivity contribution in [2.24, 2.45) is 0 Å². The topological polar surface area (TPSA) is 38.8 Å². The van der Waals surface area contributed by atoms with E-state index < -0.39 is 17.7 Å². The van der Waals surface area contributed by atoms with Gasteiger partial charge in [0.15, 0.2) is 0 Å². The first-order valence-corrected chi connectivity index (χ1v) is 7.40. The summed E-state index contributed by atoms with van der Waals surface area (Å²) in [5, 5.41) is 0.951. The van der Waals surface area contributed by atoms with Crippen LogP contribution in [0.3, 0.4) is 0 Å². The molecule has 1 aliphatic heterocycles. The Kier molecular flexibility index (Phi) is 4.39. The number of para-hydroxylation sites is 2. The summed E-state index contributed by atoms with van der Waals surface area (Å²) in [7, 11) is 1.48. The quantitative estimate of drug-likeness (QED) is 0.837. The van der Waals surface area contributed by atoms with Crippen molar-refractivity contribution >= 4 is 17.2 Å². The van der Waals surface area contributed by atoms with Gasteiger partial charge in [-0.2, -0.15) is 13.2 Å². The molecule has 0 bridgehead atoms. The molecule has 0 fully saturated rings. The summed E-state index contributed by atoms with van der Waals surface area (Å²) < 4.78 is 45.0. The molecule has 2 aromatic carbocycles. The number of alkyl halides is 3. The number of benzene rings is 2. The van der Waals surface area contributed by atoms with Crippen molar-refractivity contribution in [3.05, 3.63) is 65.7 Å². The van der Waals surface area contributed by atoms with Crippen LogP contribution in [-0.4, -0.2) is 19.6 Å². The number of nitrogens with zero attached hydrogens (tertiary/aromatic N) is 1. The highest BCUT2D eigenvalue weighted by atomic mass is 19.4. The Hall–Kier alpha value is -2.96. The molecule has 0 aromatic heterocycles. The van der Waals surface area contributed by atoms with E-state index in [0.29, 0.717) is 16.9 Å². The number of carbonyl (C=O) groups excluding carboxylic acids is 1. The second kappa shape index (κ2) is 6.51. The minimum Gasteiger partial charge on any atom is -0.496 e. The van der Waals surface area contributed by atoms with Crippen LogP contribution >= 0.6 is 0 Å². The van der Waals surface area contributed by atoms with Crippen LogP contribution in [0.4, 0.5) is 18.9 Å². The van der Waals surface area contributed by atoms with Gasteiger partial charge in [-0.15, -0.1) is 0 Å². The zero-order chi connectivity index (χ0) is 18.0. The van der Waals surface area contributed by atoms with Gasteiger partial charge in [-0.25, -0.2) is 9.86 Å². The number of anilines is 1. The van der Waals surface area contributed by atoms with Crippen LogP contribution < -0.4 is 9.80 Å². The van der Waals surface area contributed by atoms with Crippen LogP contribution in [-0.2, 0) is 15.8 Å². The van der Waals surface area contributed by atoms with Crippen LogP contribution in [0.5, 0.6) is 5.75 Å².